The van der Waals surface area contributed by atoms with Gasteiger partial charge in [0, 0.05) is 25.6 Å². The summed E-state index contributed by atoms with van der Waals surface area (Å²) < 4.78 is 33.5. The molecule has 1 heterocycles. The molecular weight excluding hydrogens is 388 g/mol. The van der Waals surface area contributed by atoms with Crippen LogP contribution in [0.4, 0.5) is 0 Å². The maximum atomic E-state index is 10.2. The van der Waals surface area contributed by atoms with Gasteiger partial charge in [0.15, 0.2) is 23.0 Å². The number of benzene rings is 2. The monoisotopic (exact) mass is 418 g/mol. The Balaban J connectivity index is 1.89. The number of methoxy groups -OCH3 is 5. The summed E-state index contributed by atoms with van der Waals surface area (Å²) in [6.45, 7) is 0.425. The van der Waals surface area contributed by atoms with Crippen LogP contribution in [-0.2, 0) is 9.47 Å². The van der Waals surface area contributed by atoms with Crippen LogP contribution in [-0.4, -0.2) is 53.9 Å². The lowest BCUT2D eigenvalue weighted by Gasteiger charge is -2.28. The molecule has 4 atom stereocenters. The highest BCUT2D eigenvalue weighted by Gasteiger charge is 2.43. The summed E-state index contributed by atoms with van der Waals surface area (Å²) in [4.78, 5) is 0. The highest BCUT2D eigenvalue weighted by Crippen LogP contribution is 2.47. The first kappa shape index (κ1) is 22.2. The van der Waals surface area contributed by atoms with Gasteiger partial charge in [0.1, 0.15) is 0 Å². The van der Waals surface area contributed by atoms with E-state index in [-0.39, 0.29) is 30.7 Å². The third-order valence-electron chi connectivity index (χ3n) is 5.73. The van der Waals surface area contributed by atoms with Crippen LogP contribution in [0.3, 0.4) is 0 Å². The van der Waals surface area contributed by atoms with Crippen LogP contribution >= 0.6 is 0 Å². The van der Waals surface area contributed by atoms with Gasteiger partial charge in [-0.2, -0.15) is 0 Å². The molecule has 2 aromatic rings. The van der Waals surface area contributed by atoms with E-state index in [2.05, 4.69) is 0 Å². The van der Waals surface area contributed by atoms with E-state index in [0.29, 0.717) is 29.6 Å². The van der Waals surface area contributed by atoms with Gasteiger partial charge in [0.05, 0.1) is 47.3 Å². The largest absolute Gasteiger partial charge is 0.493 e. The van der Waals surface area contributed by atoms with Gasteiger partial charge in [-0.1, -0.05) is 12.1 Å². The second kappa shape index (κ2) is 10.0. The number of rotatable bonds is 9. The van der Waals surface area contributed by atoms with Crippen molar-refractivity contribution in [2.45, 2.75) is 12.2 Å². The zero-order valence-electron chi connectivity index (χ0n) is 18.1. The zero-order valence-corrected chi connectivity index (χ0v) is 18.1. The van der Waals surface area contributed by atoms with Crippen LogP contribution in [0, 0.1) is 11.8 Å². The van der Waals surface area contributed by atoms with Crippen LogP contribution in [0.1, 0.15) is 23.3 Å². The van der Waals surface area contributed by atoms with Crippen molar-refractivity contribution >= 4 is 0 Å². The number of ether oxygens (including phenoxy) is 6. The predicted octanol–water partition coefficient (Wildman–Crippen LogP) is 3.40. The Morgan fingerprint density at radius 2 is 1.47 bits per heavy atom. The second-order valence-corrected chi connectivity index (χ2v) is 7.15. The van der Waals surface area contributed by atoms with Crippen LogP contribution in [0.5, 0.6) is 23.0 Å². The number of aliphatic hydroxyl groups excluding tert-OH is 1. The third-order valence-corrected chi connectivity index (χ3v) is 5.73. The van der Waals surface area contributed by atoms with Gasteiger partial charge < -0.3 is 33.5 Å². The second-order valence-electron chi connectivity index (χ2n) is 7.15. The zero-order chi connectivity index (χ0) is 21.7. The van der Waals surface area contributed by atoms with Gasteiger partial charge in [-0.15, -0.1) is 0 Å². The molecule has 1 aliphatic heterocycles. The van der Waals surface area contributed by atoms with Crippen molar-refractivity contribution < 1.29 is 33.5 Å². The SMILES string of the molecule is COc1ccc([C@H]2OC[C@H]([C@@H](OC)c3ccc(OC)c(OC)c3)[C@@H]2CO)cc1OC. The summed E-state index contributed by atoms with van der Waals surface area (Å²) in [5, 5.41) is 10.2. The van der Waals surface area contributed by atoms with E-state index in [9.17, 15) is 5.11 Å². The van der Waals surface area contributed by atoms with Crippen LogP contribution < -0.4 is 18.9 Å². The van der Waals surface area contributed by atoms with Gasteiger partial charge >= 0.3 is 0 Å². The van der Waals surface area contributed by atoms with E-state index in [1.165, 1.54) is 0 Å². The standard InChI is InChI=1S/C23H30O7/c1-25-18-8-6-14(10-20(18)27-3)22(29-5)17-13-30-23(16(17)12-24)15-7-9-19(26-2)21(11-15)28-4/h6-11,16-17,22-24H,12-13H2,1-5H3/t16-,17-,22-,23+/m0/s1. The van der Waals surface area contributed by atoms with Crippen molar-refractivity contribution in [3.63, 3.8) is 0 Å². The minimum atomic E-state index is -0.280. The van der Waals surface area contributed by atoms with E-state index in [1.54, 1.807) is 35.5 Å². The first-order chi connectivity index (χ1) is 14.6. The van der Waals surface area contributed by atoms with Crippen LogP contribution in [0.25, 0.3) is 0 Å². The molecule has 164 valence electrons. The Bertz CT molecular complexity index is 838. The maximum Gasteiger partial charge on any atom is 0.161 e. The minimum absolute atomic E-state index is 0.0309. The van der Waals surface area contributed by atoms with E-state index in [1.807, 2.05) is 36.4 Å². The fourth-order valence-electron chi connectivity index (χ4n) is 4.19. The highest BCUT2D eigenvalue weighted by atomic mass is 16.5. The molecule has 0 aliphatic carbocycles. The van der Waals surface area contributed by atoms with Crippen molar-refractivity contribution in [1.82, 2.24) is 0 Å². The third kappa shape index (κ3) is 4.19. The molecule has 0 amide bonds. The van der Waals surface area contributed by atoms with Gasteiger partial charge in [-0.05, 0) is 35.4 Å². The average molecular weight is 418 g/mol. The molecule has 1 fully saturated rings. The van der Waals surface area contributed by atoms with Gasteiger partial charge in [0.2, 0.25) is 0 Å². The molecule has 0 radical (unpaired) electrons. The molecule has 30 heavy (non-hydrogen) atoms. The normalized spacial score (nSPS) is 21.9. The molecule has 1 aliphatic rings. The summed E-state index contributed by atoms with van der Waals surface area (Å²) in [7, 11) is 8.07. The Morgan fingerprint density at radius 3 is 2.03 bits per heavy atom. The van der Waals surface area contributed by atoms with Crippen molar-refractivity contribution in [2.75, 3.05) is 48.8 Å². The Morgan fingerprint density at radius 1 is 0.867 bits per heavy atom. The molecule has 7 nitrogen and oxygen atoms in total. The molecule has 1 N–H and O–H groups in total. The number of hydrogen-bond donors (Lipinski definition) is 1. The van der Waals surface area contributed by atoms with Crippen molar-refractivity contribution in [2.24, 2.45) is 11.8 Å². The summed E-state index contributed by atoms with van der Waals surface area (Å²) in [6.07, 6.45) is -0.551. The predicted molar refractivity (Wildman–Crippen MR) is 112 cm³/mol. The molecule has 7 heteroatoms. The molecule has 2 aromatic carbocycles. The van der Waals surface area contributed by atoms with E-state index in [4.69, 9.17) is 28.4 Å². The molecule has 0 unspecified atom stereocenters. The lowest BCUT2D eigenvalue weighted by molar-refractivity contribution is 0.0242. The molecule has 0 aromatic heterocycles. The van der Waals surface area contributed by atoms with E-state index < -0.39 is 0 Å². The number of aliphatic hydroxyl groups is 1. The summed E-state index contributed by atoms with van der Waals surface area (Å²) in [5.41, 5.74) is 1.87. The summed E-state index contributed by atoms with van der Waals surface area (Å²) in [6, 6.07) is 11.4. The van der Waals surface area contributed by atoms with Crippen molar-refractivity contribution in [3.8, 4) is 23.0 Å². The fraction of sp³-hybridized carbons (Fsp3) is 0.478. The van der Waals surface area contributed by atoms with Crippen molar-refractivity contribution in [3.05, 3.63) is 47.5 Å². The molecule has 0 saturated carbocycles. The molecule has 1 saturated heterocycles. The topological polar surface area (TPSA) is 75.6 Å². The highest BCUT2D eigenvalue weighted by molar-refractivity contribution is 5.45. The Hall–Kier alpha value is -2.48. The first-order valence-corrected chi connectivity index (χ1v) is 9.80. The van der Waals surface area contributed by atoms with Crippen LogP contribution in [0.15, 0.2) is 36.4 Å². The lowest BCUT2D eigenvalue weighted by Crippen LogP contribution is -2.26. The van der Waals surface area contributed by atoms with Gasteiger partial charge in [0.25, 0.3) is 0 Å². The molecule has 0 spiro atoms. The average Bonchev–Trinajstić information content (AvgIpc) is 3.22. The van der Waals surface area contributed by atoms with Gasteiger partial charge in [-0.3, -0.25) is 0 Å². The van der Waals surface area contributed by atoms with E-state index >= 15 is 0 Å². The molecule has 3 rings (SSSR count). The Kier molecular flexibility index (Phi) is 7.42. The maximum absolute atomic E-state index is 10.2. The first-order valence-electron chi connectivity index (χ1n) is 9.80. The minimum Gasteiger partial charge on any atom is -0.493 e. The fourth-order valence-corrected chi connectivity index (χ4v) is 4.19. The smallest absolute Gasteiger partial charge is 0.161 e. The van der Waals surface area contributed by atoms with Gasteiger partial charge in [-0.25, -0.2) is 0 Å². The molecule has 0 bridgehead atoms. The quantitative estimate of drug-likeness (QED) is 0.669. The summed E-state index contributed by atoms with van der Waals surface area (Å²) >= 11 is 0. The van der Waals surface area contributed by atoms with Crippen LogP contribution in [0.2, 0.25) is 0 Å². The van der Waals surface area contributed by atoms with E-state index in [0.717, 1.165) is 11.1 Å². The molecular formula is C23H30O7. The number of hydrogen-bond acceptors (Lipinski definition) is 7. The lowest BCUT2D eigenvalue weighted by atomic mass is 9.82. The Labute approximate surface area is 177 Å². The summed E-state index contributed by atoms with van der Waals surface area (Å²) in [5.74, 6) is 2.37. The van der Waals surface area contributed by atoms with Crippen molar-refractivity contribution in [1.29, 1.82) is 0 Å².